The summed E-state index contributed by atoms with van der Waals surface area (Å²) in [4.78, 5) is 0. The fourth-order valence-corrected chi connectivity index (χ4v) is 0. The monoisotopic (exact) mass is 440 g/mol. The van der Waals surface area contributed by atoms with Crippen LogP contribution in [-0.4, -0.2) is 0 Å². The van der Waals surface area contributed by atoms with Crippen LogP contribution in [0.5, 0.6) is 0 Å². The zero-order valence-electron chi connectivity index (χ0n) is 1.82. The van der Waals surface area contributed by atoms with Crippen molar-refractivity contribution in [2.45, 2.75) is 0 Å². The van der Waals surface area contributed by atoms with Crippen molar-refractivity contribution < 1.29 is 132 Å². The van der Waals surface area contributed by atoms with Gasteiger partial charge in [-0.15, -0.1) is 0 Å². The van der Waals surface area contributed by atoms with Gasteiger partial charge in [0.05, 0.1) is 0 Å². The predicted octanol–water partition coefficient (Wildman–Crippen LogP) is -0.00500. The molecule has 22 valence electrons. The fraction of sp³-hybridized carbons (Fsp3) is 0. The molecule has 4 heavy (non-hydrogen) atoms. The van der Waals surface area contributed by atoms with E-state index in [-0.39, 0.29) is 132 Å². The van der Waals surface area contributed by atoms with Crippen molar-refractivity contribution in [3.63, 3.8) is 0 Å². The van der Waals surface area contributed by atoms with E-state index >= 15 is 0 Å². The van der Waals surface area contributed by atoms with Gasteiger partial charge in [0, 0.05) is 132 Å². The van der Waals surface area contributed by atoms with Gasteiger partial charge in [0.25, 0.3) is 0 Å². The molecule has 0 unspecified atom stereocenters. The minimum atomic E-state index is 0. The molecule has 0 rings (SSSR count). The summed E-state index contributed by atoms with van der Waals surface area (Å²) in [7, 11) is 0. The van der Waals surface area contributed by atoms with Gasteiger partial charge < -0.3 is 0 Å². The van der Waals surface area contributed by atoms with E-state index in [0.29, 0.717) is 0 Å². The van der Waals surface area contributed by atoms with E-state index in [1.54, 1.807) is 0 Å². The van der Waals surface area contributed by atoms with Crippen molar-refractivity contribution >= 4 is 0 Å². The maximum absolute atomic E-state index is 0. The summed E-state index contributed by atoms with van der Waals surface area (Å²) < 4.78 is 0. The molecular weight excluding hydrogens is 438 g/mol. The maximum atomic E-state index is 0. The van der Waals surface area contributed by atoms with Crippen molar-refractivity contribution in [2.24, 2.45) is 0 Å². The van der Waals surface area contributed by atoms with E-state index < -0.39 is 0 Å². The van der Waals surface area contributed by atoms with Crippen LogP contribution in [0.25, 0.3) is 0 Å². The van der Waals surface area contributed by atoms with Crippen molar-refractivity contribution in [1.82, 2.24) is 0 Å². The van der Waals surface area contributed by atoms with E-state index in [0.717, 1.165) is 0 Å². The number of hydrogen-bond donors (Lipinski definition) is 0. The second-order valence-electron chi connectivity index (χ2n) is 0. The topological polar surface area (TPSA) is 0 Å². The van der Waals surface area contributed by atoms with Crippen LogP contribution in [0.2, 0.25) is 0 Å². The van der Waals surface area contributed by atoms with Gasteiger partial charge in [0.1, 0.15) is 0 Å². The van der Waals surface area contributed by atoms with E-state index in [2.05, 4.69) is 0 Å². The first kappa shape index (κ1) is 23.9. The minimum Gasteiger partial charge on any atom is 0 e. The summed E-state index contributed by atoms with van der Waals surface area (Å²) in [5.74, 6) is 0. The first-order valence-corrected chi connectivity index (χ1v) is 0. The Morgan fingerprint density at radius 2 is 1.00 bits per heavy atom. The van der Waals surface area contributed by atoms with Crippen LogP contribution in [0.4, 0.5) is 0 Å². The van der Waals surface area contributed by atoms with Gasteiger partial charge >= 0.3 is 0 Å². The summed E-state index contributed by atoms with van der Waals surface area (Å²) >= 11 is 0. The van der Waals surface area contributed by atoms with Crippen LogP contribution in [0.15, 0.2) is 0 Å². The molecule has 0 saturated heterocycles. The second kappa shape index (κ2) is 15.7. The molecule has 0 atom stereocenters. The second-order valence-corrected chi connectivity index (χ2v) is 0. The van der Waals surface area contributed by atoms with Crippen LogP contribution < -0.4 is 0 Å². The van der Waals surface area contributed by atoms with Crippen molar-refractivity contribution in [3.8, 4) is 0 Å². The molecule has 0 heterocycles. The van der Waals surface area contributed by atoms with Crippen LogP contribution in [0, 0.1) is 82.1 Å². The molecule has 0 aliphatic heterocycles. The molecule has 4 heteroatoms. The van der Waals surface area contributed by atoms with Gasteiger partial charge in [0.15, 0.2) is 0 Å². The molecule has 0 spiro atoms. The fourth-order valence-electron chi connectivity index (χ4n) is 0. The molecular formula is CeCoSmY. The van der Waals surface area contributed by atoms with Crippen LogP contribution in [0.1, 0.15) is 0 Å². The van der Waals surface area contributed by atoms with Gasteiger partial charge in [0.2, 0.25) is 0 Å². The average molecular weight is 438 g/mol. The van der Waals surface area contributed by atoms with Gasteiger partial charge in [-0.3, -0.25) is 0 Å². The van der Waals surface area contributed by atoms with E-state index in [1.807, 2.05) is 0 Å². The largest absolute Gasteiger partial charge is 0 e. The molecule has 0 aliphatic rings. The molecule has 0 N–H and O–H groups in total. The predicted molar refractivity (Wildman–Crippen MR) is 0 cm³/mol. The first-order valence-electron chi connectivity index (χ1n) is 0. The summed E-state index contributed by atoms with van der Waals surface area (Å²) in [6.45, 7) is 0. The van der Waals surface area contributed by atoms with E-state index in [9.17, 15) is 0 Å². The Kier molecular flexibility index (Phi) is 93.5. The Morgan fingerprint density at radius 3 is 1.00 bits per heavy atom. The van der Waals surface area contributed by atoms with Crippen molar-refractivity contribution in [1.29, 1.82) is 0 Å². The quantitative estimate of drug-likeness (QED) is 0.500. The van der Waals surface area contributed by atoms with E-state index in [1.165, 1.54) is 0 Å². The molecule has 0 aromatic rings. The standard InChI is InChI=1S/Ce.Co.Sm.Y. The molecule has 0 aliphatic carbocycles. The van der Waals surface area contributed by atoms with Crippen molar-refractivity contribution in [2.75, 3.05) is 0 Å². The molecule has 0 saturated carbocycles. The Balaban J connectivity index is 0. The Labute approximate surface area is 128 Å². The Morgan fingerprint density at radius 1 is 1.00 bits per heavy atom. The Bertz CT molecular complexity index is 8.00. The van der Waals surface area contributed by atoms with E-state index in [4.69, 9.17) is 0 Å². The van der Waals surface area contributed by atoms with Gasteiger partial charge in [-0.05, 0) is 0 Å². The van der Waals surface area contributed by atoms with Crippen LogP contribution in [0.3, 0.4) is 0 Å². The summed E-state index contributed by atoms with van der Waals surface area (Å²) in [5.41, 5.74) is 0. The van der Waals surface area contributed by atoms with Gasteiger partial charge in [-0.1, -0.05) is 0 Å². The average Bonchev–Trinajstić information content (AvgIpc) is 0. The third-order valence-corrected chi connectivity index (χ3v) is 0. The molecule has 2 radical (unpaired) electrons. The SMILES string of the molecule is [Ce].[Co].[Sm].[Y]. The third-order valence-electron chi connectivity index (χ3n) is 0. The summed E-state index contributed by atoms with van der Waals surface area (Å²) in [6.07, 6.45) is 0. The minimum absolute atomic E-state index is 0. The molecule has 0 bridgehead atoms. The molecule has 0 nitrogen and oxygen atoms in total. The van der Waals surface area contributed by atoms with Crippen LogP contribution >= 0.6 is 0 Å². The zero-order valence-corrected chi connectivity index (χ0v) is 11.5. The maximum Gasteiger partial charge on any atom is 0 e. The van der Waals surface area contributed by atoms with Crippen molar-refractivity contribution in [3.05, 3.63) is 0 Å². The summed E-state index contributed by atoms with van der Waals surface area (Å²) in [5, 5.41) is 0. The number of rotatable bonds is 0. The number of hydrogen-bond acceptors (Lipinski definition) is 0. The van der Waals surface area contributed by atoms with Gasteiger partial charge in [-0.25, -0.2) is 0 Å². The zero-order chi connectivity index (χ0) is 0. The third kappa shape index (κ3) is 9.59. The molecule has 0 fully saturated rings. The first-order chi connectivity index (χ1) is 0. The normalized spacial score (nSPS) is 0. The Hall–Kier alpha value is 4.32. The molecule has 0 amide bonds. The smallest absolute Gasteiger partial charge is 0 e. The molecule has 0 aromatic carbocycles. The van der Waals surface area contributed by atoms with Gasteiger partial charge in [-0.2, -0.15) is 0 Å². The summed E-state index contributed by atoms with van der Waals surface area (Å²) in [6, 6.07) is 0. The molecule has 0 aromatic heterocycles. The van der Waals surface area contributed by atoms with Crippen LogP contribution in [-0.2, 0) is 49.5 Å².